The van der Waals surface area contributed by atoms with Gasteiger partial charge in [-0.05, 0) is 36.8 Å². The molecule has 1 atom stereocenters. The highest BCUT2D eigenvalue weighted by Crippen LogP contribution is 2.24. The Hall–Kier alpha value is -3.91. The summed E-state index contributed by atoms with van der Waals surface area (Å²) in [5.41, 5.74) is 2.79. The molecule has 0 bridgehead atoms. The van der Waals surface area contributed by atoms with Crippen LogP contribution in [0.25, 0.3) is 5.69 Å². The third kappa shape index (κ3) is 5.75. The van der Waals surface area contributed by atoms with E-state index < -0.39 is 0 Å². The van der Waals surface area contributed by atoms with E-state index >= 15 is 0 Å². The molecule has 2 heterocycles. The van der Waals surface area contributed by atoms with Gasteiger partial charge in [0.2, 0.25) is 5.91 Å². The molecule has 1 aromatic heterocycles. The molecule has 0 spiro atoms. The Labute approximate surface area is 221 Å². The Morgan fingerprint density at radius 3 is 2.19 bits per heavy atom. The number of rotatable bonds is 7. The molecule has 3 aromatic carbocycles. The molecule has 4 aromatic rings. The summed E-state index contributed by atoms with van der Waals surface area (Å²) in [6, 6.07) is 29.4. The molecule has 0 radical (unpaired) electrons. The Morgan fingerprint density at radius 1 is 0.865 bits per heavy atom. The van der Waals surface area contributed by atoms with Gasteiger partial charge < -0.3 is 9.80 Å². The zero-order chi connectivity index (χ0) is 25.6. The molecule has 8 heteroatoms. The standard InChI is InChI=1S/C29H29N5O2S/c1-22-20-32(17-18-33(22)28(36)24-13-7-3-8-14-24)27(35)21-37-29-31-30-26(19-23-11-5-2-6-12-23)34(29)25-15-9-4-10-16-25/h2-16,22H,17-21H2,1H3. The zero-order valence-corrected chi connectivity index (χ0v) is 21.6. The Balaban J connectivity index is 1.25. The van der Waals surface area contributed by atoms with Crippen molar-refractivity contribution in [2.75, 3.05) is 25.4 Å². The van der Waals surface area contributed by atoms with Crippen LogP contribution in [0, 0.1) is 0 Å². The quantitative estimate of drug-likeness (QED) is 0.346. The van der Waals surface area contributed by atoms with Gasteiger partial charge in [-0.2, -0.15) is 0 Å². The van der Waals surface area contributed by atoms with Crippen LogP contribution < -0.4 is 0 Å². The smallest absolute Gasteiger partial charge is 0.254 e. The summed E-state index contributed by atoms with van der Waals surface area (Å²) in [6.07, 6.45) is 0.645. The molecular formula is C29H29N5O2S. The van der Waals surface area contributed by atoms with Gasteiger partial charge in [-0.1, -0.05) is 78.5 Å². The minimum Gasteiger partial charge on any atom is -0.338 e. The molecule has 2 amide bonds. The normalized spacial score (nSPS) is 15.5. The van der Waals surface area contributed by atoms with Gasteiger partial charge in [0.1, 0.15) is 5.82 Å². The molecule has 0 N–H and O–H groups in total. The molecule has 0 aliphatic carbocycles. The predicted molar refractivity (Wildman–Crippen MR) is 145 cm³/mol. The van der Waals surface area contributed by atoms with Crippen molar-refractivity contribution in [3.63, 3.8) is 0 Å². The molecule has 1 aliphatic rings. The monoisotopic (exact) mass is 511 g/mol. The number of hydrogen-bond acceptors (Lipinski definition) is 5. The fraction of sp³-hybridized carbons (Fsp3) is 0.241. The lowest BCUT2D eigenvalue weighted by Gasteiger charge is -2.40. The van der Waals surface area contributed by atoms with Crippen molar-refractivity contribution in [1.29, 1.82) is 0 Å². The Kier molecular flexibility index (Phi) is 7.65. The summed E-state index contributed by atoms with van der Waals surface area (Å²) < 4.78 is 2.03. The maximum Gasteiger partial charge on any atom is 0.254 e. The first-order valence-electron chi connectivity index (χ1n) is 12.4. The van der Waals surface area contributed by atoms with Crippen LogP contribution in [0.2, 0.25) is 0 Å². The second kappa shape index (κ2) is 11.4. The molecule has 1 unspecified atom stereocenters. The maximum atomic E-state index is 13.2. The fourth-order valence-electron chi connectivity index (χ4n) is 4.57. The minimum absolute atomic E-state index is 0.0106. The molecule has 188 valence electrons. The second-order valence-electron chi connectivity index (χ2n) is 9.07. The number of amides is 2. The highest BCUT2D eigenvalue weighted by atomic mass is 32.2. The van der Waals surface area contributed by atoms with Crippen LogP contribution in [0.15, 0.2) is 96.2 Å². The maximum absolute atomic E-state index is 13.2. The number of aromatic nitrogens is 3. The van der Waals surface area contributed by atoms with E-state index in [1.165, 1.54) is 11.8 Å². The number of carbonyl (C=O) groups excluding carboxylic acids is 2. The van der Waals surface area contributed by atoms with Crippen molar-refractivity contribution < 1.29 is 9.59 Å². The molecule has 7 nitrogen and oxygen atoms in total. The number of thioether (sulfide) groups is 1. The van der Waals surface area contributed by atoms with Crippen LogP contribution in [-0.4, -0.2) is 67.8 Å². The number of carbonyl (C=O) groups is 2. The van der Waals surface area contributed by atoms with E-state index in [0.29, 0.717) is 36.8 Å². The van der Waals surface area contributed by atoms with Gasteiger partial charge in [0.15, 0.2) is 5.16 Å². The van der Waals surface area contributed by atoms with Gasteiger partial charge in [-0.25, -0.2) is 0 Å². The number of nitrogens with zero attached hydrogens (tertiary/aromatic N) is 5. The summed E-state index contributed by atoms with van der Waals surface area (Å²) in [7, 11) is 0. The van der Waals surface area contributed by atoms with Crippen molar-refractivity contribution in [1.82, 2.24) is 24.6 Å². The molecular weight excluding hydrogens is 482 g/mol. The minimum atomic E-state index is -0.0548. The number of hydrogen-bond donors (Lipinski definition) is 0. The number of piperazine rings is 1. The average molecular weight is 512 g/mol. The van der Waals surface area contributed by atoms with Crippen LogP contribution in [-0.2, 0) is 11.2 Å². The van der Waals surface area contributed by atoms with Gasteiger partial charge >= 0.3 is 0 Å². The largest absolute Gasteiger partial charge is 0.338 e. The van der Waals surface area contributed by atoms with Crippen molar-refractivity contribution in [2.24, 2.45) is 0 Å². The fourth-order valence-corrected chi connectivity index (χ4v) is 5.45. The van der Waals surface area contributed by atoms with Crippen molar-refractivity contribution in [3.8, 4) is 5.69 Å². The van der Waals surface area contributed by atoms with Crippen molar-refractivity contribution in [2.45, 2.75) is 24.5 Å². The summed E-state index contributed by atoms with van der Waals surface area (Å²) >= 11 is 1.40. The topological polar surface area (TPSA) is 71.3 Å². The summed E-state index contributed by atoms with van der Waals surface area (Å²) in [4.78, 5) is 29.8. The van der Waals surface area contributed by atoms with Crippen molar-refractivity contribution >= 4 is 23.6 Å². The predicted octanol–water partition coefficient (Wildman–Crippen LogP) is 4.32. The molecule has 0 saturated carbocycles. The molecule has 1 saturated heterocycles. The van der Waals surface area contributed by atoms with Crippen LogP contribution in [0.1, 0.15) is 28.7 Å². The van der Waals surface area contributed by atoms with Crippen LogP contribution in [0.4, 0.5) is 0 Å². The molecule has 1 aliphatic heterocycles. The highest BCUT2D eigenvalue weighted by Gasteiger charge is 2.30. The molecule has 1 fully saturated rings. The van der Waals surface area contributed by atoms with E-state index in [1.54, 1.807) is 0 Å². The van der Waals surface area contributed by atoms with E-state index in [2.05, 4.69) is 22.3 Å². The summed E-state index contributed by atoms with van der Waals surface area (Å²) in [5.74, 6) is 1.14. The molecule has 37 heavy (non-hydrogen) atoms. The SMILES string of the molecule is CC1CN(C(=O)CSc2nnc(Cc3ccccc3)n2-c2ccccc2)CCN1C(=O)c1ccccc1. The van der Waals surface area contributed by atoms with Crippen molar-refractivity contribution in [3.05, 3.63) is 108 Å². The van der Waals surface area contributed by atoms with Crippen LogP contribution in [0.3, 0.4) is 0 Å². The van der Waals surface area contributed by atoms with E-state index in [1.807, 2.05) is 100 Å². The first-order valence-corrected chi connectivity index (χ1v) is 13.4. The highest BCUT2D eigenvalue weighted by molar-refractivity contribution is 7.99. The van der Waals surface area contributed by atoms with Gasteiger partial charge in [0, 0.05) is 43.3 Å². The summed E-state index contributed by atoms with van der Waals surface area (Å²) in [5, 5.41) is 9.60. The Morgan fingerprint density at radius 2 is 1.51 bits per heavy atom. The van der Waals surface area contributed by atoms with Gasteiger partial charge in [0.25, 0.3) is 5.91 Å². The average Bonchev–Trinajstić information content (AvgIpc) is 3.35. The zero-order valence-electron chi connectivity index (χ0n) is 20.7. The number of benzene rings is 3. The number of para-hydroxylation sites is 1. The Bertz CT molecular complexity index is 1340. The lowest BCUT2D eigenvalue weighted by atomic mass is 10.1. The van der Waals surface area contributed by atoms with Gasteiger partial charge in [-0.3, -0.25) is 14.2 Å². The van der Waals surface area contributed by atoms with E-state index in [-0.39, 0.29) is 23.6 Å². The van der Waals surface area contributed by atoms with Crippen LogP contribution >= 0.6 is 11.8 Å². The third-order valence-electron chi connectivity index (χ3n) is 6.51. The van der Waals surface area contributed by atoms with E-state index in [4.69, 9.17) is 0 Å². The summed E-state index contributed by atoms with van der Waals surface area (Å²) in [6.45, 7) is 3.55. The lowest BCUT2D eigenvalue weighted by molar-refractivity contribution is -0.130. The van der Waals surface area contributed by atoms with E-state index in [0.717, 1.165) is 17.1 Å². The van der Waals surface area contributed by atoms with Gasteiger partial charge in [0.05, 0.1) is 5.75 Å². The first-order chi connectivity index (χ1) is 18.1. The second-order valence-corrected chi connectivity index (χ2v) is 10.0. The third-order valence-corrected chi connectivity index (χ3v) is 7.42. The van der Waals surface area contributed by atoms with Gasteiger partial charge in [-0.15, -0.1) is 10.2 Å². The lowest BCUT2D eigenvalue weighted by Crippen LogP contribution is -2.55. The van der Waals surface area contributed by atoms with E-state index in [9.17, 15) is 9.59 Å². The van der Waals surface area contributed by atoms with Crippen LogP contribution in [0.5, 0.6) is 0 Å². The first kappa shape index (κ1) is 24.8. The molecule has 5 rings (SSSR count).